The highest BCUT2D eigenvalue weighted by atomic mass is 32.1. The van der Waals surface area contributed by atoms with Gasteiger partial charge in [0.1, 0.15) is 12.1 Å². The third-order valence-electron chi connectivity index (χ3n) is 2.92. The van der Waals surface area contributed by atoms with Gasteiger partial charge in [0.2, 0.25) is 11.8 Å². The fraction of sp³-hybridized carbons (Fsp3) is 0.786. The Morgan fingerprint density at radius 1 is 1.25 bits per heavy atom. The molecule has 2 atom stereocenters. The van der Waals surface area contributed by atoms with Gasteiger partial charge in [0, 0.05) is 14.1 Å². The van der Waals surface area contributed by atoms with Crippen molar-refractivity contribution < 1.29 is 9.59 Å². The molecule has 2 amide bonds. The number of hydrogen-bond donors (Lipinski definition) is 1. The zero-order valence-corrected chi connectivity index (χ0v) is 14.2. The van der Waals surface area contributed by atoms with E-state index in [-0.39, 0.29) is 17.7 Å². The smallest absolute Gasteiger partial charge is 0.246 e. The number of hydrogen-bond acceptors (Lipinski definition) is 4. The number of thiocarbonyl (C=S) groups is 1. The van der Waals surface area contributed by atoms with E-state index >= 15 is 0 Å². The summed E-state index contributed by atoms with van der Waals surface area (Å²) >= 11 is 4.60. The molecule has 0 radical (unpaired) electrons. The number of rotatable bonds is 5. The highest BCUT2D eigenvalue weighted by molar-refractivity contribution is 7.78. The second-order valence-corrected chi connectivity index (χ2v) is 6.63. The Bertz CT molecular complexity index is 407. The van der Waals surface area contributed by atoms with Crippen LogP contribution in [-0.4, -0.2) is 48.1 Å². The van der Waals surface area contributed by atoms with Crippen molar-refractivity contribution in [2.75, 3.05) is 14.1 Å². The van der Waals surface area contributed by atoms with Crippen molar-refractivity contribution in [2.45, 2.75) is 46.7 Å². The number of nitrogens with zero attached hydrogens (tertiary/aromatic N) is 2. The van der Waals surface area contributed by atoms with Crippen LogP contribution < -0.4 is 5.32 Å². The maximum Gasteiger partial charge on any atom is 0.246 e. The number of carbonyl (C=O) groups is 2. The zero-order chi connectivity index (χ0) is 16.1. The standard InChI is InChI=1S/C14H25N3O2S/c1-9(2)10(13(19)17(6)7)16-12(18)11(15-8-20)14(3,4)5/h9-11H,1-7H3,(H,16,18)/t10-,11+/m0/s1. The Labute approximate surface area is 126 Å². The van der Waals surface area contributed by atoms with Gasteiger partial charge >= 0.3 is 0 Å². The first-order valence-electron chi connectivity index (χ1n) is 6.60. The molecule has 0 spiro atoms. The van der Waals surface area contributed by atoms with Gasteiger partial charge < -0.3 is 10.2 Å². The summed E-state index contributed by atoms with van der Waals surface area (Å²) in [7, 11) is 3.33. The molecule has 0 fully saturated rings. The predicted octanol–water partition coefficient (Wildman–Crippen LogP) is 1.73. The Morgan fingerprint density at radius 2 is 1.75 bits per heavy atom. The second-order valence-electron chi connectivity index (χ2n) is 6.45. The van der Waals surface area contributed by atoms with Gasteiger partial charge in [-0.1, -0.05) is 34.6 Å². The molecule has 0 saturated heterocycles. The normalized spacial score (nSPS) is 14.2. The SMILES string of the molecule is CC(C)[C@H](NC(=O)[C@@H](N=C=S)C(C)(C)C)C(=O)N(C)C. The minimum Gasteiger partial charge on any atom is -0.347 e. The van der Waals surface area contributed by atoms with Crippen molar-refractivity contribution >= 4 is 29.2 Å². The molecule has 0 aliphatic heterocycles. The van der Waals surface area contributed by atoms with Gasteiger partial charge in [-0.3, -0.25) is 9.59 Å². The fourth-order valence-corrected chi connectivity index (χ4v) is 1.83. The van der Waals surface area contributed by atoms with Crippen LogP contribution in [0.4, 0.5) is 0 Å². The largest absolute Gasteiger partial charge is 0.347 e. The van der Waals surface area contributed by atoms with Crippen molar-refractivity contribution in [2.24, 2.45) is 16.3 Å². The van der Waals surface area contributed by atoms with Gasteiger partial charge in [0.15, 0.2) is 0 Å². The molecular formula is C14H25N3O2S. The van der Waals surface area contributed by atoms with E-state index < -0.39 is 17.5 Å². The van der Waals surface area contributed by atoms with Crippen LogP contribution >= 0.6 is 12.2 Å². The van der Waals surface area contributed by atoms with Crippen LogP contribution in [0.2, 0.25) is 0 Å². The Morgan fingerprint density at radius 3 is 2.05 bits per heavy atom. The van der Waals surface area contributed by atoms with Gasteiger partial charge in [-0.05, 0) is 23.6 Å². The van der Waals surface area contributed by atoms with Gasteiger partial charge in [0.05, 0.1) is 5.16 Å². The average Bonchev–Trinajstić information content (AvgIpc) is 2.29. The molecule has 114 valence electrons. The highest BCUT2D eigenvalue weighted by Gasteiger charge is 2.34. The van der Waals surface area contributed by atoms with Crippen LogP contribution in [0.25, 0.3) is 0 Å². The molecule has 20 heavy (non-hydrogen) atoms. The average molecular weight is 299 g/mol. The number of nitrogens with one attached hydrogen (secondary N) is 1. The van der Waals surface area contributed by atoms with E-state index in [1.165, 1.54) is 4.90 Å². The van der Waals surface area contributed by atoms with Crippen molar-refractivity contribution in [3.8, 4) is 0 Å². The van der Waals surface area contributed by atoms with E-state index in [9.17, 15) is 9.59 Å². The minimum absolute atomic E-state index is 0.00840. The molecule has 0 aromatic carbocycles. The van der Waals surface area contributed by atoms with Gasteiger partial charge in [-0.15, -0.1) is 0 Å². The van der Waals surface area contributed by atoms with Gasteiger partial charge in [0.25, 0.3) is 0 Å². The molecule has 0 bridgehead atoms. The summed E-state index contributed by atoms with van der Waals surface area (Å²) in [4.78, 5) is 29.9. The molecule has 0 aliphatic carbocycles. The van der Waals surface area contributed by atoms with Crippen LogP contribution in [0.5, 0.6) is 0 Å². The molecule has 5 nitrogen and oxygen atoms in total. The molecule has 0 aliphatic rings. The maximum absolute atomic E-state index is 12.4. The van der Waals surface area contributed by atoms with Crippen molar-refractivity contribution in [3.05, 3.63) is 0 Å². The lowest BCUT2D eigenvalue weighted by molar-refractivity contribution is -0.136. The second kappa shape index (κ2) is 7.50. The predicted molar refractivity (Wildman–Crippen MR) is 83.7 cm³/mol. The molecule has 1 N–H and O–H groups in total. The fourth-order valence-electron chi connectivity index (χ4n) is 1.72. The lowest BCUT2D eigenvalue weighted by atomic mass is 9.86. The van der Waals surface area contributed by atoms with Gasteiger partial charge in [-0.2, -0.15) is 0 Å². The maximum atomic E-state index is 12.4. The highest BCUT2D eigenvalue weighted by Crippen LogP contribution is 2.22. The molecule has 0 rings (SSSR count). The van der Waals surface area contributed by atoms with Crippen molar-refractivity contribution in [1.82, 2.24) is 10.2 Å². The third-order valence-corrected chi connectivity index (χ3v) is 3.03. The number of amides is 2. The minimum atomic E-state index is -0.656. The van der Waals surface area contributed by atoms with Crippen LogP contribution in [0.1, 0.15) is 34.6 Å². The summed E-state index contributed by atoms with van der Waals surface area (Å²) in [5.74, 6) is -0.443. The summed E-state index contributed by atoms with van der Waals surface area (Å²) in [6.07, 6.45) is 0. The molecule has 0 saturated carbocycles. The number of carbonyl (C=O) groups excluding carboxylic acids is 2. The van der Waals surface area contributed by atoms with Crippen LogP contribution in [0.15, 0.2) is 4.99 Å². The van der Waals surface area contributed by atoms with Crippen molar-refractivity contribution in [1.29, 1.82) is 0 Å². The number of aliphatic imine (C=N–C) groups is 1. The van der Waals surface area contributed by atoms with Crippen LogP contribution in [-0.2, 0) is 9.59 Å². The molecule has 0 unspecified atom stereocenters. The summed E-state index contributed by atoms with van der Waals surface area (Å²) in [5.41, 5.74) is -0.390. The first-order chi connectivity index (χ1) is 9.02. The third kappa shape index (κ3) is 5.39. The first-order valence-corrected chi connectivity index (χ1v) is 7.01. The monoisotopic (exact) mass is 299 g/mol. The first kappa shape index (κ1) is 18.7. The quantitative estimate of drug-likeness (QED) is 0.621. The summed E-state index contributed by atoms with van der Waals surface area (Å²) in [6, 6.07) is -1.22. The Balaban J connectivity index is 5.18. The molecule has 0 aromatic rings. The van der Waals surface area contributed by atoms with Crippen molar-refractivity contribution in [3.63, 3.8) is 0 Å². The molecule has 6 heteroatoms. The summed E-state index contributed by atoms with van der Waals surface area (Å²) in [6.45, 7) is 9.46. The van der Waals surface area contributed by atoms with Crippen LogP contribution in [0.3, 0.4) is 0 Å². The topological polar surface area (TPSA) is 61.8 Å². The van der Waals surface area contributed by atoms with E-state index in [1.807, 2.05) is 34.6 Å². The zero-order valence-electron chi connectivity index (χ0n) is 13.4. The van der Waals surface area contributed by atoms with E-state index in [1.54, 1.807) is 14.1 Å². The Hall–Kier alpha value is -1.26. The van der Waals surface area contributed by atoms with E-state index in [0.717, 1.165) is 0 Å². The summed E-state index contributed by atoms with van der Waals surface area (Å²) < 4.78 is 0. The molecular weight excluding hydrogens is 274 g/mol. The van der Waals surface area contributed by atoms with E-state index in [0.29, 0.717) is 0 Å². The Kier molecular flexibility index (Phi) is 7.03. The van der Waals surface area contributed by atoms with Crippen LogP contribution in [0, 0.1) is 11.3 Å². The molecule has 0 aromatic heterocycles. The lowest BCUT2D eigenvalue weighted by Gasteiger charge is -2.29. The van der Waals surface area contributed by atoms with E-state index in [4.69, 9.17) is 0 Å². The molecule has 0 heterocycles. The van der Waals surface area contributed by atoms with E-state index in [2.05, 4.69) is 27.7 Å². The number of isothiocyanates is 1. The number of likely N-dealkylation sites (N-methyl/N-ethyl adjacent to an activating group) is 1. The lowest BCUT2D eigenvalue weighted by Crippen LogP contribution is -2.53. The van der Waals surface area contributed by atoms with Gasteiger partial charge in [-0.25, -0.2) is 4.99 Å². The summed E-state index contributed by atoms with van der Waals surface area (Å²) in [5, 5.41) is 5.04.